The maximum Gasteiger partial charge on any atom is 0.253 e. The highest BCUT2D eigenvalue weighted by Gasteiger charge is 2.17. The molecule has 2 aromatic rings. The van der Waals surface area contributed by atoms with Crippen molar-refractivity contribution >= 4 is 11.7 Å². The molecule has 27 heavy (non-hydrogen) atoms. The summed E-state index contributed by atoms with van der Waals surface area (Å²) >= 11 is 0. The second-order valence-electron chi connectivity index (χ2n) is 7.19. The van der Waals surface area contributed by atoms with Crippen LogP contribution in [0.2, 0.25) is 0 Å². The molecule has 1 aliphatic heterocycles. The summed E-state index contributed by atoms with van der Waals surface area (Å²) in [4.78, 5) is 26.5. The number of amides is 1. The number of benzene rings is 2. The van der Waals surface area contributed by atoms with Crippen molar-refractivity contribution < 1.29 is 14.3 Å². The van der Waals surface area contributed by atoms with Gasteiger partial charge < -0.3 is 9.64 Å². The van der Waals surface area contributed by atoms with Gasteiger partial charge in [0.2, 0.25) is 0 Å². The van der Waals surface area contributed by atoms with E-state index >= 15 is 0 Å². The first-order valence-corrected chi connectivity index (χ1v) is 9.63. The van der Waals surface area contributed by atoms with Gasteiger partial charge in [-0.1, -0.05) is 36.4 Å². The van der Waals surface area contributed by atoms with Crippen molar-refractivity contribution in [1.82, 2.24) is 4.90 Å². The Labute approximate surface area is 161 Å². The molecule has 1 saturated heterocycles. The molecular weight excluding hydrogens is 338 g/mol. The molecule has 0 saturated carbocycles. The van der Waals surface area contributed by atoms with E-state index in [1.165, 1.54) is 0 Å². The van der Waals surface area contributed by atoms with Gasteiger partial charge in [0.05, 0.1) is 6.10 Å². The average Bonchev–Trinajstić information content (AvgIpc) is 3.21. The van der Waals surface area contributed by atoms with Gasteiger partial charge in [-0.3, -0.25) is 9.59 Å². The van der Waals surface area contributed by atoms with Gasteiger partial charge >= 0.3 is 0 Å². The van der Waals surface area contributed by atoms with E-state index in [1.54, 1.807) is 11.8 Å². The zero-order valence-electron chi connectivity index (χ0n) is 16.1. The molecule has 1 amide bonds. The van der Waals surface area contributed by atoms with Crippen LogP contribution in [0.3, 0.4) is 0 Å². The number of rotatable bonds is 7. The highest BCUT2D eigenvalue weighted by Crippen LogP contribution is 2.25. The number of hydrogen-bond donors (Lipinski definition) is 0. The van der Waals surface area contributed by atoms with Crippen molar-refractivity contribution in [2.75, 3.05) is 20.2 Å². The number of nitrogens with zero attached hydrogens (tertiary/aromatic N) is 1. The third kappa shape index (κ3) is 4.83. The van der Waals surface area contributed by atoms with Crippen LogP contribution in [0.4, 0.5) is 0 Å². The fourth-order valence-corrected chi connectivity index (χ4v) is 3.61. The largest absolute Gasteiger partial charge is 0.378 e. The summed E-state index contributed by atoms with van der Waals surface area (Å²) in [7, 11) is 1.84. The Hall–Kier alpha value is -2.46. The van der Waals surface area contributed by atoms with Crippen LogP contribution >= 0.6 is 0 Å². The Morgan fingerprint density at radius 2 is 1.96 bits per heavy atom. The van der Waals surface area contributed by atoms with Gasteiger partial charge in [0.25, 0.3) is 5.91 Å². The Bertz CT molecular complexity index is 809. The predicted octanol–water partition coefficient (Wildman–Crippen LogP) is 4.59. The molecule has 1 aliphatic rings. The maximum absolute atomic E-state index is 12.8. The molecule has 142 valence electrons. The number of ether oxygens (including phenoxy) is 1. The van der Waals surface area contributed by atoms with E-state index in [1.807, 2.05) is 55.6 Å². The molecular formula is C23H27NO3. The molecule has 0 aromatic heterocycles. The maximum atomic E-state index is 12.8. The lowest BCUT2D eigenvalue weighted by atomic mass is 9.96. The van der Waals surface area contributed by atoms with Crippen molar-refractivity contribution in [1.29, 1.82) is 0 Å². The highest BCUT2D eigenvalue weighted by atomic mass is 16.5. The summed E-state index contributed by atoms with van der Waals surface area (Å²) < 4.78 is 5.64. The Balaban J connectivity index is 1.69. The lowest BCUT2D eigenvalue weighted by molar-refractivity contribution is 0.0763. The number of hydrogen-bond acceptors (Lipinski definition) is 3. The van der Waals surface area contributed by atoms with Crippen LogP contribution in [-0.4, -0.2) is 42.9 Å². The van der Waals surface area contributed by atoms with Crippen molar-refractivity contribution in [3.63, 3.8) is 0 Å². The number of carbonyl (C=O) groups excluding carboxylic acids is 2. The van der Waals surface area contributed by atoms with Crippen molar-refractivity contribution in [2.24, 2.45) is 0 Å². The molecule has 0 aliphatic carbocycles. The lowest BCUT2D eigenvalue weighted by Crippen LogP contribution is -2.28. The van der Waals surface area contributed by atoms with Gasteiger partial charge in [-0.05, 0) is 55.9 Å². The van der Waals surface area contributed by atoms with Gasteiger partial charge in [0, 0.05) is 31.3 Å². The van der Waals surface area contributed by atoms with Gasteiger partial charge in [-0.25, -0.2) is 0 Å². The van der Waals surface area contributed by atoms with E-state index in [2.05, 4.69) is 0 Å². The Kier molecular flexibility index (Phi) is 6.40. The summed E-state index contributed by atoms with van der Waals surface area (Å²) in [6.07, 6.45) is 4.59. The molecule has 0 N–H and O–H groups in total. The van der Waals surface area contributed by atoms with Crippen molar-refractivity contribution in [3.05, 3.63) is 59.7 Å². The van der Waals surface area contributed by atoms with Crippen molar-refractivity contribution in [3.8, 4) is 11.1 Å². The molecule has 1 atom stereocenters. The predicted molar refractivity (Wildman–Crippen MR) is 107 cm³/mol. The van der Waals surface area contributed by atoms with E-state index in [0.717, 1.165) is 43.4 Å². The SMILES string of the molecule is CC(=O)c1ccccc1-c1cccc(C(=O)N(C)CCC[C@H]2CCCO2)c1. The van der Waals surface area contributed by atoms with Gasteiger partial charge in [0.15, 0.2) is 5.78 Å². The van der Waals surface area contributed by atoms with E-state index in [4.69, 9.17) is 4.74 Å². The monoisotopic (exact) mass is 365 g/mol. The molecule has 0 bridgehead atoms. The van der Waals surface area contributed by atoms with Gasteiger partial charge in [-0.15, -0.1) is 0 Å². The summed E-state index contributed by atoms with van der Waals surface area (Å²) in [6.45, 7) is 3.15. The standard InChI is InChI=1S/C23H27NO3/c1-17(25)21-12-3-4-13-22(21)18-8-5-9-19(16-18)23(26)24(2)14-6-10-20-11-7-15-27-20/h3-5,8-9,12-13,16,20H,6-7,10-11,14-15H2,1-2H3/t20-/m0/s1. The van der Waals surface area contributed by atoms with Crippen LogP contribution in [0.5, 0.6) is 0 Å². The molecule has 1 heterocycles. The first-order chi connectivity index (χ1) is 13.1. The van der Waals surface area contributed by atoms with Crippen LogP contribution in [-0.2, 0) is 4.74 Å². The molecule has 4 nitrogen and oxygen atoms in total. The summed E-state index contributed by atoms with van der Waals surface area (Å²) in [6, 6.07) is 15.0. The summed E-state index contributed by atoms with van der Waals surface area (Å²) in [5.74, 6) is 0.0260. The van der Waals surface area contributed by atoms with Crippen molar-refractivity contribution in [2.45, 2.75) is 38.7 Å². The molecule has 0 radical (unpaired) electrons. The first-order valence-electron chi connectivity index (χ1n) is 9.63. The third-order valence-corrected chi connectivity index (χ3v) is 5.12. The number of carbonyl (C=O) groups is 2. The van der Waals surface area contributed by atoms with E-state index in [9.17, 15) is 9.59 Å². The van der Waals surface area contributed by atoms with E-state index in [-0.39, 0.29) is 11.7 Å². The Morgan fingerprint density at radius 3 is 2.70 bits per heavy atom. The summed E-state index contributed by atoms with van der Waals surface area (Å²) in [5, 5.41) is 0. The number of ketones is 1. The summed E-state index contributed by atoms with van der Waals surface area (Å²) in [5.41, 5.74) is 3.07. The second-order valence-corrected chi connectivity index (χ2v) is 7.19. The second kappa shape index (κ2) is 8.96. The van der Waals surface area contributed by atoms with Crippen LogP contribution in [0.15, 0.2) is 48.5 Å². The van der Waals surface area contributed by atoms with Gasteiger partial charge in [-0.2, -0.15) is 0 Å². The third-order valence-electron chi connectivity index (χ3n) is 5.12. The average molecular weight is 365 g/mol. The molecule has 1 fully saturated rings. The minimum atomic E-state index is 0.00416. The molecule has 0 spiro atoms. The molecule has 3 rings (SSSR count). The van der Waals surface area contributed by atoms with E-state index in [0.29, 0.717) is 23.8 Å². The smallest absolute Gasteiger partial charge is 0.253 e. The highest BCUT2D eigenvalue weighted by molar-refractivity contribution is 6.02. The first kappa shape index (κ1) is 19.3. The normalized spacial score (nSPS) is 16.3. The van der Waals surface area contributed by atoms with Crippen LogP contribution < -0.4 is 0 Å². The zero-order chi connectivity index (χ0) is 19.2. The fraction of sp³-hybridized carbons (Fsp3) is 0.391. The van der Waals surface area contributed by atoms with Gasteiger partial charge in [0.1, 0.15) is 0 Å². The van der Waals surface area contributed by atoms with Crippen LogP contribution in [0.1, 0.15) is 53.3 Å². The molecule has 0 unspecified atom stereocenters. The molecule has 2 aromatic carbocycles. The Morgan fingerprint density at radius 1 is 1.15 bits per heavy atom. The topological polar surface area (TPSA) is 46.6 Å². The van der Waals surface area contributed by atoms with Crippen LogP contribution in [0, 0.1) is 0 Å². The minimum absolute atomic E-state index is 0.00416. The van der Waals surface area contributed by atoms with Crippen LogP contribution in [0.25, 0.3) is 11.1 Å². The lowest BCUT2D eigenvalue weighted by Gasteiger charge is -2.19. The number of Topliss-reactive ketones (excluding diaryl/α,β-unsaturated/α-hetero) is 1. The fourth-order valence-electron chi connectivity index (χ4n) is 3.61. The minimum Gasteiger partial charge on any atom is -0.378 e. The molecule has 4 heteroatoms. The zero-order valence-corrected chi connectivity index (χ0v) is 16.1. The van der Waals surface area contributed by atoms with E-state index < -0.39 is 0 Å². The quantitative estimate of drug-likeness (QED) is 0.674.